The number of hydrogen-bond acceptors (Lipinski definition) is 4. The number of amides is 2. The number of nitrogens with zero attached hydrogens (tertiary/aromatic N) is 3. The van der Waals surface area contributed by atoms with Gasteiger partial charge in [0.15, 0.2) is 0 Å². The molecule has 2 aliphatic rings. The molecule has 2 aromatic rings. The lowest BCUT2D eigenvalue weighted by molar-refractivity contribution is -0.140. The fraction of sp³-hybridized carbons (Fsp3) is 0.500. The van der Waals surface area contributed by atoms with Gasteiger partial charge >= 0.3 is 0 Å². The summed E-state index contributed by atoms with van der Waals surface area (Å²) >= 11 is 0. The lowest BCUT2D eigenvalue weighted by Crippen LogP contribution is -2.46. The number of benzene rings is 1. The summed E-state index contributed by atoms with van der Waals surface area (Å²) in [7, 11) is 0. The number of pyridine rings is 1. The maximum absolute atomic E-state index is 13.2. The Labute approximate surface area is 190 Å². The highest BCUT2D eigenvalue weighted by atomic mass is 16.5. The SMILES string of the molecule is O=C(CCc1ccccn1)N1CC(=O)N(C2CCCCC2)CC(OCc2ccccc2)C1. The zero-order chi connectivity index (χ0) is 22.2. The van der Waals surface area contributed by atoms with Crippen molar-refractivity contribution in [1.82, 2.24) is 14.8 Å². The van der Waals surface area contributed by atoms with E-state index >= 15 is 0 Å². The van der Waals surface area contributed by atoms with Gasteiger partial charge in [0, 0.05) is 37.4 Å². The molecule has 4 rings (SSSR count). The molecule has 1 saturated carbocycles. The average Bonchev–Trinajstić information content (AvgIpc) is 3.02. The number of aryl methyl sites for hydroxylation is 1. The van der Waals surface area contributed by atoms with Crippen LogP contribution in [0.4, 0.5) is 0 Å². The van der Waals surface area contributed by atoms with E-state index in [1.54, 1.807) is 11.1 Å². The van der Waals surface area contributed by atoms with E-state index < -0.39 is 0 Å². The first-order valence-electron chi connectivity index (χ1n) is 11.8. The van der Waals surface area contributed by atoms with E-state index in [1.807, 2.05) is 53.4 Å². The second-order valence-corrected chi connectivity index (χ2v) is 8.85. The van der Waals surface area contributed by atoms with Crippen molar-refractivity contribution in [2.45, 2.75) is 63.7 Å². The predicted molar refractivity (Wildman–Crippen MR) is 123 cm³/mol. The van der Waals surface area contributed by atoms with Gasteiger partial charge in [-0.3, -0.25) is 14.6 Å². The van der Waals surface area contributed by atoms with Crippen molar-refractivity contribution >= 4 is 11.8 Å². The summed E-state index contributed by atoms with van der Waals surface area (Å²) in [6, 6.07) is 16.0. The van der Waals surface area contributed by atoms with Gasteiger partial charge in [-0.1, -0.05) is 55.7 Å². The summed E-state index contributed by atoms with van der Waals surface area (Å²) in [6.07, 6.45) is 8.13. The fourth-order valence-electron chi connectivity index (χ4n) is 4.71. The van der Waals surface area contributed by atoms with E-state index in [2.05, 4.69) is 4.98 Å². The number of aromatic nitrogens is 1. The van der Waals surface area contributed by atoms with Crippen LogP contribution < -0.4 is 0 Å². The van der Waals surface area contributed by atoms with Crippen molar-refractivity contribution in [3.63, 3.8) is 0 Å². The van der Waals surface area contributed by atoms with Crippen molar-refractivity contribution in [3.8, 4) is 0 Å². The molecule has 1 aromatic heterocycles. The van der Waals surface area contributed by atoms with E-state index in [0.717, 1.165) is 36.9 Å². The first-order chi connectivity index (χ1) is 15.7. The van der Waals surface area contributed by atoms with Gasteiger partial charge in [-0.05, 0) is 37.0 Å². The van der Waals surface area contributed by atoms with Gasteiger partial charge in [-0.15, -0.1) is 0 Å². The zero-order valence-corrected chi connectivity index (χ0v) is 18.7. The second-order valence-electron chi connectivity index (χ2n) is 8.85. The van der Waals surface area contributed by atoms with E-state index in [1.165, 1.54) is 6.42 Å². The molecule has 0 N–H and O–H groups in total. The molecule has 2 fully saturated rings. The van der Waals surface area contributed by atoms with E-state index in [9.17, 15) is 9.59 Å². The van der Waals surface area contributed by atoms with Crippen LogP contribution >= 0.6 is 0 Å². The Bertz CT molecular complexity index is 868. The maximum Gasteiger partial charge on any atom is 0.242 e. The number of rotatable bonds is 7. The number of carbonyl (C=O) groups is 2. The largest absolute Gasteiger partial charge is 0.370 e. The summed E-state index contributed by atoms with van der Waals surface area (Å²) < 4.78 is 6.26. The highest BCUT2D eigenvalue weighted by Gasteiger charge is 2.34. The van der Waals surface area contributed by atoms with Gasteiger partial charge in [0.25, 0.3) is 0 Å². The Balaban J connectivity index is 1.44. The van der Waals surface area contributed by atoms with Crippen LogP contribution in [0, 0.1) is 0 Å². The van der Waals surface area contributed by atoms with Gasteiger partial charge in [-0.25, -0.2) is 0 Å². The molecular formula is C26H33N3O3. The first-order valence-corrected chi connectivity index (χ1v) is 11.8. The van der Waals surface area contributed by atoms with Crippen LogP contribution in [-0.2, 0) is 27.4 Å². The molecule has 1 saturated heterocycles. The minimum absolute atomic E-state index is 0.0113. The monoisotopic (exact) mass is 435 g/mol. The summed E-state index contributed by atoms with van der Waals surface area (Å²) in [6.45, 7) is 1.63. The standard InChI is InChI=1S/C26H33N3O3/c30-25(15-14-22-11-7-8-16-27-22)28-17-24(32-20-21-9-3-1-4-10-21)18-29(26(31)19-28)23-12-5-2-6-13-23/h1,3-4,7-11,16,23-24H,2,5-6,12-15,17-20H2. The van der Waals surface area contributed by atoms with E-state index in [-0.39, 0.29) is 30.5 Å². The van der Waals surface area contributed by atoms with Crippen LogP contribution in [0.3, 0.4) is 0 Å². The van der Waals surface area contributed by atoms with Gasteiger partial charge in [0.05, 0.1) is 19.3 Å². The van der Waals surface area contributed by atoms with Gasteiger partial charge in [0.1, 0.15) is 0 Å². The summed E-state index contributed by atoms with van der Waals surface area (Å²) in [5.41, 5.74) is 1.99. The quantitative estimate of drug-likeness (QED) is 0.667. The smallest absolute Gasteiger partial charge is 0.242 e. The number of carbonyl (C=O) groups excluding carboxylic acids is 2. The third-order valence-electron chi connectivity index (χ3n) is 6.49. The summed E-state index contributed by atoms with van der Waals surface area (Å²) in [5, 5.41) is 0. The summed E-state index contributed by atoms with van der Waals surface area (Å²) in [5.74, 6) is 0.0386. The zero-order valence-electron chi connectivity index (χ0n) is 18.7. The first kappa shape index (κ1) is 22.5. The lowest BCUT2D eigenvalue weighted by atomic mass is 9.94. The predicted octanol–water partition coefficient (Wildman–Crippen LogP) is 3.60. The molecule has 32 heavy (non-hydrogen) atoms. The van der Waals surface area contributed by atoms with Crippen LogP contribution in [0.2, 0.25) is 0 Å². The highest BCUT2D eigenvalue weighted by Crippen LogP contribution is 2.25. The van der Waals surface area contributed by atoms with Crippen LogP contribution in [-0.4, -0.2) is 58.4 Å². The molecule has 0 radical (unpaired) electrons. The topological polar surface area (TPSA) is 62.7 Å². The van der Waals surface area contributed by atoms with Crippen molar-refractivity contribution in [2.75, 3.05) is 19.6 Å². The minimum atomic E-state index is -0.192. The van der Waals surface area contributed by atoms with Crippen LogP contribution in [0.5, 0.6) is 0 Å². The molecule has 6 heteroatoms. The third kappa shape index (κ3) is 6.16. The molecular weight excluding hydrogens is 402 g/mol. The molecule has 1 atom stereocenters. The maximum atomic E-state index is 13.2. The summed E-state index contributed by atoms with van der Waals surface area (Å²) in [4.78, 5) is 34.2. The molecule has 0 bridgehead atoms. The van der Waals surface area contributed by atoms with E-state index in [4.69, 9.17) is 4.74 Å². The molecule has 170 valence electrons. The molecule has 2 heterocycles. The Morgan fingerprint density at radius 3 is 2.53 bits per heavy atom. The van der Waals surface area contributed by atoms with Crippen molar-refractivity contribution < 1.29 is 14.3 Å². The van der Waals surface area contributed by atoms with Crippen molar-refractivity contribution in [3.05, 3.63) is 66.0 Å². The van der Waals surface area contributed by atoms with Gasteiger partial charge in [0.2, 0.25) is 11.8 Å². The lowest BCUT2D eigenvalue weighted by Gasteiger charge is -2.34. The molecule has 1 aliphatic heterocycles. The Hall–Kier alpha value is -2.73. The second kappa shape index (κ2) is 11.2. The fourth-order valence-corrected chi connectivity index (χ4v) is 4.71. The Morgan fingerprint density at radius 2 is 1.78 bits per heavy atom. The Morgan fingerprint density at radius 1 is 1.00 bits per heavy atom. The number of hydrogen-bond donors (Lipinski definition) is 0. The number of ether oxygens (including phenoxy) is 1. The van der Waals surface area contributed by atoms with Crippen LogP contribution in [0.1, 0.15) is 49.8 Å². The molecule has 1 unspecified atom stereocenters. The third-order valence-corrected chi connectivity index (χ3v) is 6.49. The molecule has 1 aromatic carbocycles. The van der Waals surface area contributed by atoms with Crippen LogP contribution in [0.25, 0.3) is 0 Å². The van der Waals surface area contributed by atoms with Gasteiger partial charge < -0.3 is 14.5 Å². The normalized spacial score (nSPS) is 20.2. The van der Waals surface area contributed by atoms with Crippen molar-refractivity contribution in [1.29, 1.82) is 0 Å². The van der Waals surface area contributed by atoms with Crippen LogP contribution in [0.15, 0.2) is 54.7 Å². The molecule has 6 nitrogen and oxygen atoms in total. The minimum Gasteiger partial charge on any atom is -0.370 e. The highest BCUT2D eigenvalue weighted by molar-refractivity contribution is 5.85. The van der Waals surface area contributed by atoms with E-state index in [0.29, 0.717) is 32.5 Å². The molecule has 0 spiro atoms. The molecule has 2 amide bonds. The van der Waals surface area contributed by atoms with Crippen molar-refractivity contribution in [2.24, 2.45) is 0 Å². The molecule has 1 aliphatic carbocycles. The Kier molecular flexibility index (Phi) is 7.88. The van der Waals surface area contributed by atoms with Gasteiger partial charge in [-0.2, -0.15) is 0 Å². The average molecular weight is 436 g/mol.